The highest BCUT2D eigenvalue weighted by Gasteiger charge is 2.46. The van der Waals surface area contributed by atoms with E-state index in [9.17, 15) is 5.11 Å². The second kappa shape index (κ2) is 8.93. The first-order valence-corrected chi connectivity index (χ1v) is 13.3. The predicted octanol–water partition coefficient (Wildman–Crippen LogP) is 3.13. The van der Waals surface area contributed by atoms with Crippen molar-refractivity contribution in [2.24, 2.45) is 5.92 Å². The van der Waals surface area contributed by atoms with E-state index >= 15 is 0 Å². The molecule has 3 aromatic rings. The average Bonchev–Trinajstić information content (AvgIpc) is 3.51. The quantitative estimate of drug-likeness (QED) is 0.536. The summed E-state index contributed by atoms with van der Waals surface area (Å²) in [5.41, 5.74) is 10.5. The first-order valence-electron chi connectivity index (χ1n) is 13.3. The minimum Gasteiger partial charge on any atom is -0.507 e. The molecule has 0 amide bonds. The number of aromatic nitrogens is 3. The maximum Gasteiger partial charge on any atom is 0.169 e. The molecule has 4 aliphatic rings. The van der Waals surface area contributed by atoms with E-state index in [0.717, 1.165) is 55.8 Å². The van der Waals surface area contributed by atoms with E-state index in [1.165, 1.54) is 25.1 Å². The molecule has 188 valence electrons. The summed E-state index contributed by atoms with van der Waals surface area (Å²) in [4.78, 5) is 11.9. The van der Waals surface area contributed by atoms with Crippen molar-refractivity contribution >= 4 is 17.2 Å². The molecule has 4 fully saturated rings. The van der Waals surface area contributed by atoms with Crippen molar-refractivity contribution in [2.45, 2.75) is 43.8 Å². The van der Waals surface area contributed by atoms with Crippen LogP contribution in [0.1, 0.15) is 31.4 Å². The molecule has 8 heteroatoms. The highest BCUT2D eigenvalue weighted by Crippen LogP contribution is 2.44. The van der Waals surface area contributed by atoms with Gasteiger partial charge < -0.3 is 20.6 Å². The number of phenols is 1. The lowest BCUT2D eigenvalue weighted by Gasteiger charge is -2.43. The smallest absolute Gasteiger partial charge is 0.169 e. The molecule has 5 heterocycles. The van der Waals surface area contributed by atoms with Gasteiger partial charge in [-0.3, -0.25) is 4.90 Å². The molecule has 1 saturated carbocycles. The zero-order valence-electron chi connectivity index (χ0n) is 20.8. The number of hydrogen-bond acceptors (Lipinski definition) is 8. The minimum absolute atomic E-state index is 0.186. The molecule has 4 unspecified atom stereocenters. The number of hydrogen-bond donors (Lipinski definition) is 2. The fraction of sp³-hybridized carbons (Fsp3) is 0.414. The van der Waals surface area contributed by atoms with Crippen molar-refractivity contribution in [3.05, 3.63) is 54.4 Å². The van der Waals surface area contributed by atoms with Gasteiger partial charge in [-0.05, 0) is 74.4 Å². The molecule has 3 aliphatic heterocycles. The van der Waals surface area contributed by atoms with Gasteiger partial charge in [-0.25, -0.2) is 4.98 Å². The number of nitrogen functional groups attached to an aromatic ring is 1. The molecule has 3 N–H and O–H groups in total. The number of benzene rings is 1. The molecular weight excluding hydrogens is 462 g/mol. The van der Waals surface area contributed by atoms with Crippen LogP contribution >= 0.6 is 0 Å². The van der Waals surface area contributed by atoms with Gasteiger partial charge in [-0.2, -0.15) is 0 Å². The normalized spacial score (nSPS) is 26.1. The van der Waals surface area contributed by atoms with E-state index < -0.39 is 0 Å². The van der Waals surface area contributed by atoms with Crippen LogP contribution in [0.5, 0.6) is 5.75 Å². The maximum atomic E-state index is 10.3. The van der Waals surface area contributed by atoms with Crippen LogP contribution in [0.15, 0.2) is 48.7 Å². The molecule has 37 heavy (non-hydrogen) atoms. The van der Waals surface area contributed by atoms with Crippen LogP contribution < -0.4 is 15.5 Å². The maximum absolute atomic E-state index is 10.3. The Morgan fingerprint density at radius 2 is 1.86 bits per heavy atom. The minimum atomic E-state index is 0.186. The molecule has 4 atom stereocenters. The van der Waals surface area contributed by atoms with Gasteiger partial charge >= 0.3 is 0 Å². The Labute approximate surface area is 217 Å². The van der Waals surface area contributed by atoms with E-state index in [2.05, 4.69) is 53.9 Å². The zero-order chi connectivity index (χ0) is 24.9. The van der Waals surface area contributed by atoms with Crippen molar-refractivity contribution in [2.75, 3.05) is 41.7 Å². The van der Waals surface area contributed by atoms with Crippen LogP contribution in [0.4, 0.5) is 17.2 Å². The summed E-state index contributed by atoms with van der Waals surface area (Å²) in [5.74, 6) is 8.23. The lowest BCUT2D eigenvalue weighted by atomic mass is 10.1. The highest BCUT2D eigenvalue weighted by atomic mass is 16.3. The third-order valence-corrected chi connectivity index (χ3v) is 8.49. The van der Waals surface area contributed by atoms with Crippen molar-refractivity contribution in [3.8, 4) is 28.8 Å². The van der Waals surface area contributed by atoms with Crippen LogP contribution in [0.3, 0.4) is 0 Å². The third kappa shape index (κ3) is 4.13. The van der Waals surface area contributed by atoms with Crippen LogP contribution in [0, 0.1) is 17.8 Å². The van der Waals surface area contributed by atoms with E-state index in [4.69, 9.17) is 5.73 Å². The van der Waals surface area contributed by atoms with E-state index in [0.29, 0.717) is 29.2 Å². The molecule has 0 radical (unpaired) electrons. The monoisotopic (exact) mass is 493 g/mol. The van der Waals surface area contributed by atoms with Crippen LogP contribution in [-0.4, -0.2) is 69.5 Å². The molecule has 3 saturated heterocycles. The summed E-state index contributed by atoms with van der Waals surface area (Å²) < 4.78 is 0. The first kappa shape index (κ1) is 22.4. The van der Waals surface area contributed by atoms with Gasteiger partial charge in [0.25, 0.3) is 0 Å². The van der Waals surface area contributed by atoms with Crippen LogP contribution in [-0.2, 0) is 0 Å². The number of para-hydroxylation sites is 1. The summed E-state index contributed by atoms with van der Waals surface area (Å²) in [5, 5.41) is 18.8. The summed E-state index contributed by atoms with van der Waals surface area (Å²) in [6, 6.07) is 14.9. The second-order valence-electron chi connectivity index (χ2n) is 10.7. The van der Waals surface area contributed by atoms with Gasteiger partial charge in [0.1, 0.15) is 11.4 Å². The number of aromatic hydroxyl groups is 1. The lowest BCUT2D eigenvalue weighted by molar-refractivity contribution is 0.338. The number of phenolic OH excluding ortho intramolecular Hbond substituents is 1. The molecular formula is C29H31N7O. The Morgan fingerprint density at radius 3 is 2.62 bits per heavy atom. The number of rotatable bonds is 4. The number of piperidine rings is 1. The number of piperazine rings is 1. The van der Waals surface area contributed by atoms with Gasteiger partial charge in [-0.1, -0.05) is 18.1 Å². The zero-order valence-corrected chi connectivity index (χ0v) is 20.8. The number of pyridine rings is 1. The largest absolute Gasteiger partial charge is 0.507 e. The van der Waals surface area contributed by atoms with Crippen LogP contribution in [0.25, 0.3) is 11.3 Å². The molecule has 8 nitrogen and oxygen atoms in total. The number of nitrogens with two attached hydrogens (primary N) is 1. The van der Waals surface area contributed by atoms with Gasteiger partial charge in [0.15, 0.2) is 5.82 Å². The summed E-state index contributed by atoms with van der Waals surface area (Å²) in [6.45, 7) is 3.75. The Morgan fingerprint density at radius 1 is 1.03 bits per heavy atom. The predicted molar refractivity (Wildman–Crippen MR) is 144 cm³/mol. The average molecular weight is 494 g/mol. The number of anilines is 3. The molecule has 0 spiro atoms. The third-order valence-electron chi connectivity index (χ3n) is 8.49. The molecule has 2 bridgehead atoms. The SMILES string of the molecule is Nc1nnc(-c2ccccc2O)cc1N1CC2CCC(C1)N2c1ccnc(C#CCN2CCC3CC32)c1. The molecule has 1 aliphatic carbocycles. The fourth-order valence-corrected chi connectivity index (χ4v) is 6.55. The van der Waals surface area contributed by atoms with E-state index in [1.807, 2.05) is 24.4 Å². The van der Waals surface area contributed by atoms with E-state index in [-0.39, 0.29) is 5.75 Å². The van der Waals surface area contributed by atoms with Gasteiger partial charge in [0.05, 0.1) is 17.9 Å². The van der Waals surface area contributed by atoms with Gasteiger partial charge in [0.2, 0.25) is 0 Å². The fourth-order valence-electron chi connectivity index (χ4n) is 6.55. The van der Waals surface area contributed by atoms with Crippen molar-refractivity contribution < 1.29 is 5.11 Å². The standard InChI is InChI=1S/C29H31N7O/c30-29-27(16-25(32-33-29)24-5-1-2-6-28(24)37)35-17-22-7-8-23(18-35)36(22)21-9-11-31-20(15-21)4-3-12-34-13-10-19-14-26(19)34/h1-2,5-6,9,11,15-16,19,22-23,26,37H,7-8,10,12-14,17-18H2,(H2,30,33). The topological polar surface area (TPSA) is 94.6 Å². The van der Waals surface area contributed by atoms with Crippen molar-refractivity contribution in [1.82, 2.24) is 20.1 Å². The van der Waals surface area contributed by atoms with Gasteiger partial charge in [-0.15, -0.1) is 10.2 Å². The molecule has 7 rings (SSSR count). The van der Waals surface area contributed by atoms with Crippen molar-refractivity contribution in [3.63, 3.8) is 0 Å². The lowest BCUT2D eigenvalue weighted by Crippen LogP contribution is -2.54. The Balaban J connectivity index is 1.09. The summed E-state index contributed by atoms with van der Waals surface area (Å²) in [7, 11) is 0. The Kier molecular flexibility index (Phi) is 5.40. The number of likely N-dealkylation sites (tertiary alicyclic amines) is 1. The summed E-state index contributed by atoms with van der Waals surface area (Å²) >= 11 is 0. The van der Waals surface area contributed by atoms with Crippen molar-refractivity contribution in [1.29, 1.82) is 0 Å². The molecule has 2 aromatic heterocycles. The second-order valence-corrected chi connectivity index (χ2v) is 10.7. The molecule has 1 aromatic carbocycles. The van der Waals surface area contributed by atoms with Crippen LogP contribution in [0.2, 0.25) is 0 Å². The first-order chi connectivity index (χ1) is 18.1. The highest BCUT2D eigenvalue weighted by molar-refractivity contribution is 5.74. The Bertz CT molecular complexity index is 1380. The van der Waals surface area contributed by atoms with E-state index in [1.54, 1.807) is 12.1 Å². The summed E-state index contributed by atoms with van der Waals surface area (Å²) in [6.07, 6.45) is 6.86. The Hall–Kier alpha value is -3.83. The van der Waals surface area contributed by atoms with Gasteiger partial charge in [0, 0.05) is 48.7 Å². The number of nitrogens with zero attached hydrogens (tertiary/aromatic N) is 6. The number of fused-ring (bicyclic) bond motifs is 3.